The molecule has 0 aliphatic carbocycles. The number of amides is 1. The highest BCUT2D eigenvalue weighted by Crippen LogP contribution is 2.25. The summed E-state index contributed by atoms with van der Waals surface area (Å²) < 4.78 is 11.3. The van der Waals surface area contributed by atoms with Gasteiger partial charge in [-0.25, -0.2) is 0 Å². The fourth-order valence-corrected chi connectivity index (χ4v) is 2.34. The first kappa shape index (κ1) is 18.7. The van der Waals surface area contributed by atoms with Gasteiger partial charge in [0.25, 0.3) is 0 Å². The second-order valence-corrected chi connectivity index (χ2v) is 5.64. The van der Waals surface area contributed by atoms with E-state index < -0.39 is 0 Å². The summed E-state index contributed by atoms with van der Waals surface area (Å²) in [4.78, 5) is 11.7. The highest BCUT2D eigenvalue weighted by Gasteiger charge is 2.16. The molecule has 1 saturated heterocycles. The van der Waals surface area contributed by atoms with Gasteiger partial charge in [-0.15, -0.1) is 12.4 Å². The standard InChI is InChI=1S/C16H24N2O3.ClH/c1-11-9-13(18-16(19)10-12(2)17)3-4-15(11)21-14-5-7-20-8-6-14;/h3-4,9,12,14H,5-8,10,17H2,1-2H3,(H,18,19);1H. The van der Waals surface area contributed by atoms with Crippen LogP contribution in [0.3, 0.4) is 0 Å². The van der Waals surface area contributed by atoms with Crippen LogP contribution < -0.4 is 15.8 Å². The molecule has 1 aromatic rings. The Balaban J connectivity index is 0.00000242. The summed E-state index contributed by atoms with van der Waals surface area (Å²) in [7, 11) is 0. The van der Waals surface area contributed by atoms with Crippen LogP contribution in [0.4, 0.5) is 5.69 Å². The van der Waals surface area contributed by atoms with Crippen LogP contribution in [0.5, 0.6) is 5.75 Å². The summed E-state index contributed by atoms with van der Waals surface area (Å²) in [6, 6.07) is 5.56. The molecule has 0 bridgehead atoms. The molecule has 2 rings (SSSR count). The first-order chi connectivity index (χ1) is 10.0. The minimum absolute atomic E-state index is 0. The number of nitrogens with one attached hydrogen (secondary N) is 1. The van der Waals surface area contributed by atoms with Gasteiger partial charge in [0, 0.05) is 31.0 Å². The zero-order valence-electron chi connectivity index (χ0n) is 13.1. The molecule has 124 valence electrons. The molecule has 1 aromatic carbocycles. The average molecular weight is 329 g/mol. The molecule has 5 nitrogen and oxygen atoms in total. The summed E-state index contributed by atoms with van der Waals surface area (Å²) in [5, 5.41) is 2.85. The number of ether oxygens (including phenoxy) is 2. The van der Waals surface area contributed by atoms with E-state index in [9.17, 15) is 4.79 Å². The van der Waals surface area contributed by atoms with E-state index in [1.165, 1.54) is 0 Å². The van der Waals surface area contributed by atoms with Gasteiger partial charge < -0.3 is 20.5 Å². The Labute approximate surface area is 138 Å². The Kier molecular flexibility index (Phi) is 7.65. The number of aryl methyl sites for hydroxylation is 1. The van der Waals surface area contributed by atoms with Crippen LogP contribution >= 0.6 is 12.4 Å². The van der Waals surface area contributed by atoms with E-state index in [0.717, 1.165) is 43.1 Å². The summed E-state index contributed by atoms with van der Waals surface area (Å²) in [6.07, 6.45) is 2.38. The fourth-order valence-electron chi connectivity index (χ4n) is 2.34. The van der Waals surface area contributed by atoms with E-state index in [1.807, 2.05) is 32.0 Å². The van der Waals surface area contributed by atoms with E-state index in [0.29, 0.717) is 6.42 Å². The molecular formula is C16H25ClN2O3. The average Bonchev–Trinajstić information content (AvgIpc) is 2.42. The van der Waals surface area contributed by atoms with Crippen molar-refractivity contribution in [2.24, 2.45) is 5.73 Å². The highest BCUT2D eigenvalue weighted by atomic mass is 35.5. The van der Waals surface area contributed by atoms with Gasteiger partial charge >= 0.3 is 0 Å². The van der Waals surface area contributed by atoms with Crippen molar-refractivity contribution in [2.45, 2.75) is 45.3 Å². The first-order valence-electron chi connectivity index (χ1n) is 7.45. The summed E-state index contributed by atoms with van der Waals surface area (Å²) in [5.74, 6) is 0.801. The third-order valence-corrected chi connectivity index (χ3v) is 3.43. The van der Waals surface area contributed by atoms with Crippen molar-refractivity contribution in [2.75, 3.05) is 18.5 Å². The predicted molar refractivity (Wildman–Crippen MR) is 89.8 cm³/mol. The van der Waals surface area contributed by atoms with Gasteiger partial charge in [0.05, 0.1) is 13.2 Å². The number of rotatable bonds is 5. The lowest BCUT2D eigenvalue weighted by Crippen LogP contribution is -2.26. The Morgan fingerprint density at radius 3 is 2.73 bits per heavy atom. The van der Waals surface area contributed by atoms with Crippen molar-refractivity contribution in [1.82, 2.24) is 0 Å². The molecule has 3 N–H and O–H groups in total. The minimum Gasteiger partial charge on any atom is -0.490 e. The number of nitrogens with two attached hydrogens (primary N) is 1. The van der Waals surface area contributed by atoms with Gasteiger partial charge in [-0.05, 0) is 37.6 Å². The molecule has 22 heavy (non-hydrogen) atoms. The molecule has 1 unspecified atom stereocenters. The first-order valence-corrected chi connectivity index (χ1v) is 7.45. The molecule has 1 fully saturated rings. The van der Waals surface area contributed by atoms with Crippen LogP contribution in [-0.2, 0) is 9.53 Å². The molecule has 1 amide bonds. The number of hydrogen-bond donors (Lipinski definition) is 2. The number of carbonyl (C=O) groups is 1. The maximum atomic E-state index is 11.7. The molecule has 1 aliphatic rings. The lowest BCUT2D eigenvalue weighted by atomic mass is 10.1. The number of anilines is 1. The molecule has 1 atom stereocenters. The topological polar surface area (TPSA) is 73.6 Å². The highest BCUT2D eigenvalue weighted by molar-refractivity contribution is 5.91. The molecular weight excluding hydrogens is 304 g/mol. The molecule has 0 aromatic heterocycles. The van der Waals surface area contributed by atoms with Crippen LogP contribution in [0.25, 0.3) is 0 Å². The van der Waals surface area contributed by atoms with Crippen LogP contribution in [0, 0.1) is 6.92 Å². The van der Waals surface area contributed by atoms with Crippen molar-refractivity contribution in [1.29, 1.82) is 0 Å². The summed E-state index contributed by atoms with van der Waals surface area (Å²) >= 11 is 0. The van der Waals surface area contributed by atoms with Crippen LogP contribution in [0.1, 0.15) is 31.7 Å². The largest absolute Gasteiger partial charge is 0.490 e. The fraction of sp³-hybridized carbons (Fsp3) is 0.562. The monoisotopic (exact) mass is 328 g/mol. The second kappa shape index (κ2) is 8.98. The number of benzene rings is 1. The lowest BCUT2D eigenvalue weighted by Gasteiger charge is -2.24. The summed E-state index contributed by atoms with van der Waals surface area (Å²) in [5.41, 5.74) is 7.40. The van der Waals surface area contributed by atoms with Gasteiger partial charge in [-0.3, -0.25) is 4.79 Å². The maximum Gasteiger partial charge on any atom is 0.225 e. The van der Waals surface area contributed by atoms with Crippen molar-refractivity contribution in [3.8, 4) is 5.75 Å². The van der Waals surface area contributed by atoms with E-state index in [4.69, 9.17) is 15.2 Å². The molecule has 1 heterocycles. The number of hydrogen-bond acceptors (Lipinski definition) is 4. The number of halogens is 1. The summed E-state index contributed by atoms with van der Waals surface area (Å²) in [6.45, 7) is 5.32. The minimum atomic E-state index is -0.137. The predicted octanol–water partition coefficient (Wildman–Crippen LogP) is 2.65. The molecule has 1 aliphatic heterocycles. The SMILES string of the molecule is Cc1cc(NC(=O)CC(C)N)ccc1OC1CCOCC1.Cl. The molecule has 6 heteroatoms. The van der Waals surface area contributed by atoms with Crippen molar-refractivity contribution in [3.05, 3.63) is 23.8 Å². The van der Waals surface area contributed by atoms with Crippen molar-refractivity contribution < 1.29 is 14.3 Å². The second-order valence-electron chi connectivity index (χ2n) is 5.64. The Morgan fingerprint density at radius 2 is 2.14 bits per heavy atom. The molecule has 0 spiro atoms. The van der Waals surface area contributed by atoms with E-state index in [2.05, 4.69) is 5.32 Å². The van der Waals surface area contributed by atoms with Gasteiger partial charge in [-0.2, -0.15) is 0 Å². The Morgan fingerprint density at radius 1 is 1.45 bits per heavy atom. The van der Waals surface area contributed by atoms with Gasteiger partial charge in [-0.1, -0.05) is 0 Å². The van der Waals surface area contributed by atoms with Gasteiger partial charge in [0.15, 0.2) is 0 Å². The zero-order valence-corrected chi connectivity index (χ0v) is 13.9. The van der Waals surface area contributed by atoms with E-state index in [1.54, 1.807) is 0 Å². The molecule has 0 saturated carbocycles. The van der Waals surface area contributed by atoms with Gasteiger partial charge in [0.1, 0.15) is 11.9 Å². The van der Waals surface area contributed by atoms with E-state index >= 15 is 0 Å². The van der Waals surface area contributed by atoms with Crippen LogP contribution in [-0.4, -0.2) is 31.3 Å². The Hall–Kier alpha value is -1.30. The van der Waals surface area contributed by atoms with E-state index in [-0.39, 0.29) is 30.5 Å². The van der Waals surface area contributed by atoms with Crippen molar-refractivity contribution >= 4 is 24.0 Å². The van der Waals surface area contributed by atoms with Crippen molar-refractivity contribution in [3.63, 3.8) is 0 Å². The number of carbonyl (C=O) groups excluding carboxylic acids is 1. The van der Waals surface area contributed by atoms with Crippen LogP contribution in [0.2, 0.25) is 0 Å². The third-order valence-electron chi connectivity index (χ3n) is 3.43. The molecule has 0 radical (unpaired) electrons. The Bertz CT molecular complexity index is 488. The quantitative estimate of drug-likeness (QED) is 0.871. The van der Waals surface area contributed by atoms with Gasteiger partial charge in [0.2, 0.25) is 5.91 Å². The van der Waals surface area contributed by atoms with Crippen LogP contribution in [0.15, 0.2) is 18.2 Å². The smallest absolute Gasteiger partial charge is 0.225 e. The normalized spacial score (nSPS) is 16.5. The third kappa shape index (κ3) is 5.83. The lowest BCUT2D eigenvalue weighted by molar-refractivity contribution is -0.116. The maximum absolute atomic E-state index is 11.7. The zero-order chi connectivity index (χ0) is 15.2.